The molecule has 1 saturated heterocycles. The van der Waals surface area contributed by atoms with E-state index in [1.807, 2.05) is 30.3 Å². The average molecular weight is 447 g/mol. The van der Waals surface area contributed by atoms with Crippen molar-refractivity contribution in [1.29, 1.82) is 0 Å². The van der Waals surface area contributed by atoms with Crippen LogP contribution < -0.4 is 4.74 Å². The Balaban J connectivity index is 1.33. The molecule has 3 N–H and O–H groups in total. The van der Waals surface area contributed by atoms with Gasteiger partial charge in [0.05, 0.1) is 6.10 Å². The lowest BCUT2D eigenvalue weighted by Crippen LogP contribution is -2.43. The highest BCUT2D eigenvalue weighted by atomic mass is 79.9. The van der Waals surface area contributed by atoms with E-state index in [2.05, 4.69) is 35.8 Å². The number of aromatic amines is 1. The van der Waals surface area contributed by atoms with Crippen molar-refractivity contribution in [3.8, 4) is 17.1 Å². The Morgan fingerprint density at radius 3 is 2.93 bits per heavy atom. The van der Waals surface area contributed by atoms with E-state index in [0.29, 0.717) is 18.8 Å². The highest BCUT2D eigenvalue weighted by Crippen LogP contribution is 2.23. The van der Waals surface area contributed by atoms with Gasteiger partial charge in [-0.3, -0.25) is 4.90 Å². The molecule has 3 aromatic rings. The number of aromatic nitrogens is 3. The number of hydrogen-bond donors (Lipinski definition) is 3. The summed E-state index contributed by atoms with van der Waals surface area (Å²) in [6.07, 6.45) is 2.66. The molecule has 1 aliphatic rings. The van der Waals surface area contributed by atoms with Crippen molar-refractivity contribution in [2.24, 2.45) is 0 Å². The maximum Gasteiger partial charge on any atom is 0.157 e. The number of halogens is 1. The lowest BCUT2D eigenvalue weighted by molar-refractivity contribution is 0.0243. The van der Waals surface area contributed by atoms with Gasteiger partial charge in [0.1, 0.15) is 29.8 Å². The minimum absolute atomic E-state index is 0.217. The van der Waals surface area contributed by atoms with Crippen LogP contribution in [0.5, 0.6) is 5.75 Å². The van der Waals surface area contributed by atoms with Crippen molar-refractivity contribution in [2.45, 2.75) is 25.0 Å². The summed E-state index contributed by atoms with van der Waals surface area (Å²) in [5.41, 5.74) is 2.48. The maximum atomic E-state index is 10.2. The number of imidazole rings is 1. The van der Waals surface area contributed by atoms with Crippen LogP contribution in [-0.2, 0) is 0 Å². The lowest BCUT2D eigenvalue weighted by Gasteiger charge is -2.31. The Morgan fingerprint density at radius 2 is 2.14 bits per heavy atom. The van der Waals surface area contributed by atoms with Gasteiger partial charge in [0.2, 0.25) is 0 Å². The zero-order chi connectivity index (χ0) is 19.5. The number of piperidine rings is 1. The number of hydrogen-bond acceptors (Lipinski definition) is 6. The fourth-order valence-corrected chi connectivity index (χ4v) is 3.78. The zero-order valence-electron chi connectivity index (χ0n) is 15.4. The van der Waals surface area contributed by atoms with Crippen LogP contribution in [0.15, 0.2) is 41.0 Å². The van der Waals surface area contributed by atoms with Crippen LogP contribution in [0.4, 0.5) is 0 Å². The van der Waals surface area contributed by atoms with E-state index in [9.17, 15) is 10.2 Å². The van der Waals surface area contributed by atoms with Crippen LogP contribution in [0.2, 0.25) is 0 Å². The van der Waals surface area contributed by atoms with E-state index in [-0.39, 0.29) is 12.7 Å². The Bertz CT molecular complexity index is 931. The van der Waals surface area contributed by atoms with Crippen LogP contribution in [0.3, 0.4) is 0 Å². The van der Waals surface area contributed by atoms with Gasteiger partial charge < -0.3 is 19.9 Å². The number of H-pyrrole nitrogens is 1. The van der Waals surface area contributed by atoms with Gasteiger partial charge in [0.15, 0.2) is 5.65 Å². The third-order valence-corrected chi connectivity index (χ3v) is 5.26. The molecule has 7 nitrogen and oxygen atoms in total. The van der Waals surface area contributed by atoms with Gasteiger partial charge in [-0.1, -0.05) is 0 Å². The molecule has 3 heterocycles. The Morgan fingerprint density at radius 1 is 1.32 bits per heavy atom. The van der Waals surface area contributed by atoms with Crippen LogP contribution in [-0.4, -0.2) is 68.5 Å². The molecule has 1 fully saturated rings. The quantitative estimate of drug-likeness (QED) is 0.538. The third kappa shape index (κ3) is 4.70. The van der Waals surface area contributed by atoms with Crippen LogP contribution in [0.1, 0.15) is 12.8 Å². The van der Waals surface area contributed by atoms with E-state index in [1.54, 1.807) is 6.20 Å². The first-order chi connectivity index (χ1) is 13.6. The fraction of sp³-hybridized carbons (Fsp3) is 0.400. The number of aliphatic hydroxyl groups is 2. The predicted octanol–water partition coefficient (Wildman–Crippen LogP) is 2.58. The largest absolute Gasteiger partial charge is 0.491 e. The third-order valence-electron chi connectivity index (χ3n) is 4.82. The molecule has 2 unspecified atom stereocenters. The highest BCUT2D eigenvalue weighted by molar-refractivity contribution is 9.10. The maximum absolute atomic E-state index is 10.2. The zero-order valence-corrected chi connectivity index (χ0v) is 17.0. The number of nitrogens with zero attached hydrogens (tertiary/aromatic N) is 3. The van der Waals surface area contributed by atoms with Crippen molar-refractivity contribution >= 4 is 27.1 Å². The number of ether oxygens (including phenoxy) is 1. The van der Waals surface area contributed by atoms with Crippen molar-refractivity contribution < 1.29 is 14.9 Å². The number of aliphatic hydroxyl groups excluding tert-OH is 2. The van der Waals surface area contributed by atoms with Crippen LogP contribution in [0, 0.1) is 0 Å². The van der Waals surface area contributed by atoms with Gasteiger partial charge in [-0.15, -0.1) is 0 Å². The summed E-state index contributed by atoms with van der Waals surface area (Å²) >= 11 is 3.40. The molecule has 28 heavy (non-hydrogen) atoms. The van der Waals surface area contributed by atoms with Crippen molar-refractivity contribution in [3.63, 3.8) is 0 Å². The molecule has 1 aliphatic heterocycles. The summed E-state index contributed by atoms with van der Waals surface area (Å²) in [7, 11) is 0. The molecular weight excluding hydrogens is 424 g/mol. The van der Waals surface area contributed by atoms with E-state index in [0.717, 1.165) is 46.4 Å². The van der Waals surface area contributed by atoms with Crippen molar-refractivity contribution in [1.82, 2.24) is 19.9 Å². The molecule has 0 amide bonds. The number of benzene rings is 1. The summed E-state index contributed by atoms with van der Waals surface area (Å²) in [5, 5.41) is 19.9. The second-order valence-electron chi connectivity index (χ2n) is 7.15. The van der Waals surface area contributed by atoms with Gasteiger partial charge in [-0.2, -0.15) is 0 Å². The van der Waals surface area contributed by atoms with Crippen LogP contribution in [0.25, 0.3) is 22.6 Å². The second kappa shape index (κ2) is 8.57. The minimum Gasteiger partial charge on any atom is -0.491 e. The van der Waals surface area contributed by atoms with E-state index in [4.69, 9.17) is 4.74 Å². The highest BCUT2D eigenvalue weighted by Gasteiger charge is 2.20. The summed E-state index contributed by atoms with van der Waals surface area (Å²) in [4.78, 5) is 14.2. The molecule has 4 rings (SSSR count). The summed E-state index contributed by atoms with van der Waals surface area (Å²) < 4.78 is 6.60. The van der Waals surface area contributed by atoms with Crippen molar-refractivity contribution in [3.05, 3.63) is 41.0 Å². The number of rotatable bonds is 6. The van der Waals surface area contributed by atoms with Crippen molar-refractivity contribution in [2.75, 3.05) is 26.2 Å². The number of fused-ring (bicyclic) bond motifs is 1. The Kier molecular flexibility index (Phi) is 5.91. The van der Waals surface area contributed by atoms with Gasteiger partial charge >= 0.3 is 0 Å². The average Bonchev–Trinajstić information content (AvgIpc) is 3.10. The smallest absolute Gasteiger partial charge is 0.157 e. The predicted molar refractivity (Wildman–Crippen MR) is 110 cm³/mol. The standard InChI is InChI=1S/C20H23BrN4O3/c21-14-8-18-20(22-9-14)24-19(23-18)13-3-5-17(6-4-13)28-12-16(27)11-25-7-1-2-15(26)10-25/h3-6,8-9,15-16,26-27H,1-2,7,10-12H2,(H,22,23,24). The monoisotopic (exact) mass is 446 g/mol. The van der Waals surface area contributed by atoms with E-state index < -0.39 is 6.10 Å². The minimum atomic E-state index is -0.593. The SMILES string of the molecule is OC1CCCN(CC(O)COc2ccc(-c3nc4cc(Br)cnc4[nH]3)cc2)C1. The van der Waals surface area contributed by atoms with E-state index >= 15 is 0 Å². The molecule has 8 heteroatoms. The molecular formula is C20H23BrN4O3. The van der Waals surface area contributed by atoms with Gasteiger partial charge in [-0.05, 0) is 65.6 Å². The Hall–Kier alpha value is -2.00. The molecule has 148 valence electrons. The molecule has 0 spiro atoms. The molecule has 2 atom stereocenters. The van der Waals surface area contributed by atoms with Gasteiger partial charge in [0.25, 0.3) is 0 Å². The molecule has 0 aliphatic carbocycles. The normalized spacial score (nSPS) is 19.0. The fourth-order valence-electron chi connectivity index (χ4n) is 3.46. The molecule has 0 saturated carbocycles. The summed E-state index contributed by atoms with van der Waals surface area (Å²) in [5.74, 6) is 1.44. The molecule has 1 aromatic carbocycles. The first-order valence-corrected chi connectivity index (χ1v) is 10.2. The first kappa shape index (κ1) is 19.3. The van der Waals surface area contributed by atoms with Gasteiger partial charge in [0, 0.05) is 29.3 Å². The van der Waals surface area contributed by atoms with Crippen LogP contribution >= 0.6 is 15.9 Å². The first-order valence-electron chi connectivity index (χ1n) is 9.40. The lowest BCUT2D eigenvalue weighted by atomic mass is 10.1. The number of β-amino-alcohol motifs (C(OH)–C–C–N with tert-alkyl or cyclic N) is 2. The summed E-state index contributed by atoms with van der Waals surface area (Å²) in [6, 6.07) is 9.50. The second-order valence-corrected chi connectivity index (χ2v) is 8.07. The number of likely N-dealkylation sites (tertiary alicyclic amines) is 1. The molecule has 2 aromatic heterocycles. The number of pyridine rings is 1. The van der Waals surface area contributed by atoms with E-state index in [1.165, 1.54) is 0 Å². The van der Waals surface area contributed by atoms with Gasteiger partial charge in [-0.25, -0.2) is 9.97 Å². The number of nitrogens with one attached hydrogen (secondary N) is 1. The Labute approximate surface area is 171 Å². The molecule has 0 radical (unpaired) electrons. The summed E-state index contributed by atoms with van der Waals surface area (Å²) in [6.45, 7) is 2.26. The molecule has 0 bridgehead atoms. The topological polar surface area (TPSA) is 94.5 Å².